The third-order valence-corrected chi connectivity index (χ3v) is 5.40. The third-order valence-electron chi connectivity index (χ3n) is 5.40. The van der Waals surface area contributed by atoms with Crippen LogP contribution >= 0.6 is 0 Å². The molecule has 3 aromatic rings. The number of ketones is 1. The molecule has 0 heterocycles. The maximum atomic E-state index is 12.6. The molecule has 184 valence electrons. The highest BCUT2D eigenvalue weighted by atomic mass is 19.3. The summed E-state index contributed by atoms with van der Waals surface area (Å²) in [6.07, 6.45) is 3.06. The van der Waals surface area contributed by atoms with Crippen molar-refractivity contribution < 1.29 is 27.8 Å². The van der Waals surface area contributed by atoms with Crippen molar-refractivity contribution in [3.05, 3.63) is 94.6 Å². The molecule has 3 rings (SSSR count). The SMILES string of the molecule is COc1ccc(/C=C/C(=O)c2cccc(OC(F)F)c2)cc1COc1cc(C)ccc1C(C)(C)C. The lowest BCUT2D eigenvalue weighted by Gasteiger charge is -2.23. The van der Waals surface area contributed by atoms with Crippen molar-refractivity contribution in [2.45, 2.75) is 46.3 Å². The molecular formula is C29H30F2O4. The lowest BCUT2D eigenvalue weighted by Crippen LogP contribution is -2.13. The first-order valence-electron chi connectivity index (χ1n) is 11.2. The van der Waals surface area contributed by atoms with Gasteiger partial charge in [-0.05, 0) is 65.4 Å². The Morgan fingerprint density at radius 1 is 1.00 bits per heavy atom. The second kappa shape index (κ2) is 11.2. The fraction of sp³-hybridized carbons (Fsp3) is 0.276. The zero-order valence-corrected chi connectivity index (χ0v) is 20.6. The molecule has 0 aliphatic rings. The van der Waals surface area contributed by atoms with Gasteiger partial charge in [-0.15, -0.1) is 0 Å². The number of hydrogen-bond donors (Lipinski definition) is 0. The summed E-state index contributed by atoms with van der Waals surface area (Å²) in [5, 5.41) is 0. The van der Waals surface area contributed by atoms with Gasteiger partial charge in [0.1, 0.15) is 23.9 Å². The second-order valence-corrected chi connectivity index (χ2v) is 9.21. The van der Waals surface area contributed by atoms with Crippen molar-refractivity contribution in [2.24, 2.45) is 0 Å². The van der Waals surface area contributed by atoms with Crippen molar-refractivity contribution in [1.82, 2.24) is 0 Å². The fourth-order valence-electron chi connectivity index (χ4n) is 3.63. The summed E-state index contributed by atoms with van der Waals surface area (Å²) in [6.45, 7) is 5.79. The Morgan fingerprint density at radius 2 is 1.77 bits per heavy atom. The predicted molar refractivity (Wildman–Crippen MR) is 134 cm³/mol. The Labute approximate surface area is 205 Å². The van der Waals surface area contributed by atoms with Crippen LogP contribution in [0, 0.1) is 6.92 Å². The van der Waals surface area contributed by atoms with E-state index in [1.165, 1.54) is 24.3 Å². The van der Waals surface area contributed by atoms with Crippen molar-refractivity contribution >= 4 is 11.9 Å². The van der Waals surface area contributed by atoms with Gasteiger partial charge in [-0.1, -0.05) is 57.2 Å². The summed E-state index contributed by atoms with van der Waals surface area (Å²) in [7, 11) is 1.60. The van der Waals surface area contributed by atoms with E-state index in [1.807, 2.05) is 31.2 Å². The van der Waals surface area contributed by atoms with Gasteiger partial charge in [0.2, 0.25) is 0 Å². The van der Waals surface area contributed by atoms with Gasteiger partial charge in [0.05, 0.1) is 7.11 Å². The Kier molecular flexibility index (Phi) is 8.28. The molecule has 0 unspecified atom stereocenters. The van der Waals surface area contributed by atoms with E-state index in [2.05, 4.69) is 37.6 Å². The summed E-state index contributed by atoms with van der Waals surface area (Å²) < 4.78 is 41.0. The van der Waals surface area contributed by atoms with Crippen molar-refractivity contribution in [3.8, 4) is 17.2 Å². The van der Waals surface area contributed by atoms with E-state index >= 15 is 0 Å². The van der Waals surface area contributed by atoms with Crippen LogP contribution in [0.4, 0.5) is 8.78 Å². The molecule has 0 fully saturated rings. The first-order valence-corrected chi connectivity index (χ1v) is 11.2. The topological polar surface area (TPSA) is 44.8 Å². The molecule has 0 N–H and O–H groups in total. The highest BCUT2D eigenvalue weighted by Gasteiger charge is 2.19. The van der Waals surface area contributed by atoms with E-state index in [-0.39, 0.29) is 22.5 Å². The molecule has 0 spiro atoms. The normalized spacial score (nSPS) is 11.7. The maximum absolute atomic E-state index is 12.6. The monoisotopic (exact) mass is 480 g/mol. The van der Waals surface area contributed by atoms with E-state index in [0.29, 0.717) is 12.4 Å². The van der Waals surface area contributed by atoms with Crippen LogP contribution in [0.2, 0.25) is 0 Å². The van der Waals surface area contributed by atoms with E-state index in [4.69, 9.17) is 9.47 Å². The van der Waals surface area contributed by atoms with Crippen LogP contribution in [-0.4, -0.2) is 19.5 Å². The first kappa shape index (κ1) is 25.9. The number of allylic oxidation sites excluding steroid dienone is 1. The van der Waals surface area contributed by atoms with Crippen LogP contribution < -0.4 is 14.2 Å². The number of benzene rings is 3. The van der Waals surface area contributed by atoms with Gasteiger partial charge in [0.25, 0.3) is 0 Å². The Bertz CT molecular complexity index is 1210. The standard InChI is InChI=1S/C29H30F2O4/c1-19-9-12-24(29(2,3)4)27(15-19)34-18-22-16-20(11-14-26(22)33-5)10-13-25(32)21-7-6-8-23(17-21)35-28(30)31/h6-17,28H,18H2,1-5H3/b13-10+. The molecule has 0 aliphatic carbocycles. The highest BCUT2D eigenvalue weighted by Crippen LogP contribution is 2.33. The van der Waals surface area contributed by atoms with Crippen LogP contribution in [0.1, 0.15) is 53.4 Å². The molecule has 0 atom stereocenters. The largest absolute Gasteiger partial charge is 0.496 e. The second-order valence-electron chi connectivity index (χ2n) is 9.21. The summed E-state index contributed by atoms with van der Waals surface area (Å²) in [5.74, 6) is 1.11. The van der Waals surface area contributed by atoms with Gasteiger partial charge in [-0.3, -0.25) is 4.79 Å². The van der Waals surface area contributed by atoms with Crippen LogP contribution in [0.15, 0.2) is 66.7 Å². The molecular weight excluding hydrogens is 450 g/mol. The molecule has 0 amide bonds. The minimum absolute atomic E-state index is 0.0612. The Balaban J connectivity index is 1.79. The quantitative estimate of drug-likeness (QED) is 0.237. The molecule has 6 heteroatoms. The molecule has 0 saturated heterocycles. The summed E-state index contributed by atoms with van der Waals surface area (Å²) in [4.78, 5) is 12.6. The number of halogens is 2. The van der Waals surface area contributed by atoms with Gasteiger partial charge in [0, 0.05) is 11.1 Å². The number of hydrogen-bond acceptors (Lipinski definition) is 4. The molecule has 4 nitrogen and oxygen atoms in total. The van der Waals surface area contributed by atoms with Crippen LogP contribution in [0.3, 0.4) is 0 Å². The minimum Gasteiger partial charge on any atom is -0.496 e. The fourth-order valence-corrected chi connectivity index (χ4v) is 3.63. The van der Waals surface area contributed by atoms with Crippen LogP contribution in [0.25, 0.3) is 6.08 Å². The Hall–Kier alpha value is -3.67. The molecule has 0 aliphatic heterocycles. The van der Waals surface area contributed by atoms with Crippen molar-refractivity contribution in [2.75, 3.05) is 7.11 Å². The van der Waals surface area contributed by atoms with Crippen molar-refractivity contribution in [3.63, 3.8) is 0 Å². The van der Waals surface area contributed by atoms with Crippen LogP contribution in [0.5, 0.6) is 17.2 Å². The summed E-state index contributed by atoms with van der Waals surface area (Å²) in [5.41, 5.74) is 4.01. The predicted octanol–water partition coefficient (Wildman–Crippen LogP) is 7.38. The number of aryl methyl sites for hydroxylation is 1. The Morgan fingerprint density at radius 3 is 2.46 bits per heavy atom. The lowest BCUT2D eigenvalue weighted by atomic mass is 9.86. The van der Waals surface area contributed by atoms with Gasteiger partial charge in [0.15, 0.2) is 5.78 Å². The number of methoxy groups -OCH3 is 1. The number of carbonyl (C=O) groups is 1. The number of rotatable bonds is 9. The van der Waals surface area contributed by atoms with Gasteiger partial charge in [-0.2, -0.15) is 8.78 Å². The van der Waals surface area contributed by atoms with E-state index < -0.39 is 6.61 Å². The van der Waals surface area contributed by atoms with Gasteiger partial charge < -0.3 is 14.2 Å². The summed E-state index contributed by atoms with van der Waals surface area (Å²) in [6, 6.07) is 17.5. The lowest BCUT2D eigenvalue weighted by molar-refractivity contribution is -0.0498. The van der Waals surface area contributed by atoms with E-state index in [0.717, 1.165) is 28.0 Å². The molecule has 0 saturated carbocycles. The van der Waals surface area contributed by atoms with Crippen LogP contribution in [-0.2, 0) is 12.0 Å². The number of alkyl halides is 2. The first-order chi connectivity index (χ1) is 16.6. The third kappa shape index (κ3) is 7.15. The minimum atomic E-state index is -2.95. The maximum Gasteiger partial charge on any atom is 0.387 e. The average Bonchev–Trinajstić information content (AvgIpc) is 2.80. The number of carbonyl (C=O) groups excluding carboxylic acids is 1. The van der Waals surface area contributed by atoms with Gasteiger partial charge in [-0.25, -0.2) is 0 Å². The van der Waals surface area contributed by atoms with Crippen molar-refractivity contribution in [1.29, 1.82) is 0 Å². The summed E-state index contributed by atoms with van der Waals surface area (Å²) >= 11 is 0. The zero-order valence-electron chi connectivity index (χ0n) is 20.6. The molecule has 0 aromatic heterocycles. The highest BCUT2D eigenvalue weighted by molar-refractivity contribution is 6.07. The smallest absolute Gasteiger partial charge is 0.387 e. The van der Waals surface area contributed by atoms with Gasteiger partial charge >= 0.3 is 6.61 Å². The number of ether oxygens (including phenoxy) is 3. The molecule has 3 aromatic carbocycles. The molecule has 35 heavy (non-hydrogen) atoms. The average molecular weight is 481 g/mol. The van der Waals surface area contributed by atoms with E-state index in [1.54, 1.807) is 19.3 Å². The molecule has 0 bridgehead atoms. The van der Waals surface area contributed by atoms with E-state index in [9.17, 15) is 13.6 Å². The zero-order chi connectivity index (χ0) is 25.6. The molecule has 0 radical (unpaired) electrons.